The minimum atomic E-state index is -0.450. The number of hydrogen-bond acceptors (Lipinski definition) is 6. The van der Waals surface area contributed by atoms with Crippen molar-refractivity contribution in [2.75, 3.05) is 26.3 Å². The quantitative estimate of drug-likeness (QED) is 0.547. The molecule has 1 aliphatic heterocycles. The van der Waals surface area contributed by atoms with Crippen LogP contribution in [0.15, 0.2) is 18.6 Å². The fourth-order valence-electron chi connectivity index (χ4n) is 2.89. The van der Waals surface area contributed by atoms with Crippen molar-refractivity contribution in [2.45, 2.75) is 52.1 Å². The Morgan fingerprint density at radius 1 is 1.23 bits per heavy atom. The average Bonchev–Trinajstić information content (AvgIpc) is 2.61. The van der Waals surface area contributed by atoms with Crippen LogP contribution in [0.1, 0.15) is 56.9 Å². The third-order valence-corrected chi connectivity index (χ3v) is 4.25. The van der Waals surface area contributed by atoms with Gasteiger partial charge < -0.3 is 14.4 Å². The lowest BCUT2D eigenvalue weighted by atomic mass is 9.92. The maximum atomic E-state index is 12.0. The van der Waals surface area contributed by atoms with Crippen LogP contribution in [0, 0.1) is 5.92 Å². The summed E-state index contributed by atoms with van der Waals surface area (Å²) in [5.41, 5.74) is -0.115. The van der Waals surface area contributed by atoms with Gasteiger partial charge in [0, 0.05) is 32.1 Å². The summed E-state index contributed by atoms with van der Waals surface area (Å²) in [6.07, 6.45) is 8.18. The number of carbonyl (C=O) groups is 2. The number of aromatic nitrogens is 2. The second kappa shape index (κ2) is 9.62. The van der Waals surface area contributed by atoms with Gasteiger partial charge >= 0.3 is 6.09 Å². The summed E-state index contributed by atoms with van der Waals surface area (Å²) >= 11 is 0. The third kappa shape index (κ3) is 7.07. The van der Waals surface area contributed by atoms with Crippen LogP contribution >= 0.6 is 0 Å². The summed E-state index contributed by atoms with van der Waals surface area (Å²) in [7, 11) is 0. The number of ketones is 1. The summed E-state index contributed by atoms with van der Waals surface area (Å²) in [4.78, 5) is 33.5. The molecule has 7 heteroatoms. The standard InChI is InChI=1S/C19H29N3O4/c1-19(2,3)26-18(24)22-10-6-15(7-11-22)5-4-12-25-14-17(23)16-13-20-8-9-21-16/h8-9,13,15H,4-7,10-12,14H2,1-3H3. The molecule has 1 aliphatic rings. The predicted molar refractivity (Wildman–Crippen MR) is 96.9 cm³/mol. The van der Waals surface area contributed by atoms with E-state index in [1.54, 1.807) is 4.90 Å². The molecule has 2 heterocycles. The van der Waals surface area contributed by atoms with Gasteiger partial charge in [-0.25, -0.2) is 9.78 Å². The molecule has 26 heavy (non-hydrogen) atoms. The van der Waals surface area contributed by atoms with E-state index in [0.717, 1.165) is 38.8 Å². The van der Waals surface area contributed by atoms with E-state index in [0.29, 0.717) is 18.2 Å². The molecule has 0 N–H and O–H groups in total. The van der Waals surface area contributed by atoms with Gasteiger partial charge in [0.15, 0.2) is 0 Å². The molecule has 144 valence electrons. The van der Waals surface area contributed by atoms with E-state index < -0.39 is 5.60 Å². The van der Waals surface area contributed by atoms with Crippen LogP contribution < -0.4 is 0 Å². The highest BCUT2D eigenvalue weighted by molar-refractivity contribution is 5.94. The number of hydrogen-bond donors (Lipinski definition) is 0. The van der Waals surface area contributed by atoms with E-state index in [9.17, 15) is 9.59 Å². The Morgan fingerprint density at radius 2 is 1.96 bits per heavy atom. The van der Waals surface area contributed by atoms with Crippen molar-refractivity contribution in [1.29, 1.82) is 0 Å². The highest BCUT2D eigenvalue weighted by Crippen LogP contribution is 2.23. The molecular formula is C19H29N3O4. The van der Waals surface area contributed by atoms with Gasteiger partial charge in [0.2, 0.25) is 5.78 Å². The SMILES string of the molecule is CC(C)(C)OC(=O)N1CCC(CCCOCC(=O)c2cnccn2)CC1. The maximum Gasteiger partial charge on any atom is 0.410 e. The molecule has 0 atom stereocenters. The first-order valence-corrected chi connectivity index (χ1v) is 9.20. The zero-order chi connectivity index (χ0) is 19.0. The molecule has 0 aromatic carbocycles. The Morgan fingerprint density at radius 3 is 2.58 bits per heavy atom. The largest absolute Gasteiger partial charge is 0.444 e. The Hall–Kier alpha value is -2.02. The lowest BCUT2D eigenvalue weighted by Gasteiger charge is -2.33. The molecule has 2 rings (SSSR count). The van der Waals surface area contributed by atoms with Crippen LogP contribution in [0.3, 0.4) is 0 Å². The molecule has 1 aromatic heterocycles. The van der Waals surface area contributed by atoms with E-state index in [2.05, 4.69) is 9.97 Å². The van der Waals surface area contributed by atoms with E-state index in [1.165, 1.54) is 18.6 Å². The molecule has 1 fully saturated rings. The lowest BCUT2D eigenvalue weighted by Crippen LogP contribution is -2.41. The number of likely N-dealkylation sites (tertiary alicyclic amines) is 1. The Kier molecular flexibility index (Phi) is 7.50. The molecule has 0 bridgehead atoms. The summed E-state index contributed by atoms with van der Waals surface area (Å²) in [5, 5.41) is 0. The zero-order valence-electron chi connectivity index (χ0n) is 15.9. The minimum absolute atomic E-state index is 0.0375. The van der Waals surface area contributed by atoms with Crippen LogP contribution in [0.25, 0.3) is 0 Å². The summed E-state index contributed by atoms with van der Waals surface area (Å²) in [6.45, 7) is 7.72. The number of ether oxygens (including phenoxy) is 2. The van der Waals surface area contributed by atoms with Crippen molar-refractivity contribution in [3.8, 4) is 0 Å². The Bertz CT molecular complexity index is 578. The van der Waals surface area contributed by atoms with E-state index >= 15 is 0 Å². The van der Waals surface area contributed by atoms with Crippen molar-refractivity contribution in [2.24, 2.45) is 5.92 Å². The highest BCUT2D eigenvalue weighted by atomic mass is 16.6. The number of Topliss-reactive ketones (excluding diaryl/α,β-unsaturated/α-hetero) is 1. The molecule has 7 nitrogen and oxygen atoms in total. The first kappa shape index (κ1) is 20.3. The number of amides is 1. The Labute approximate surface area is 155 Å². The number of nitrogens with zero attached hydrogens (tertiary/aromatic N) is 3. The van der Waals surface area contributed by atoms with Crippen molar-refractivity contribution in [3.05, 3.63) is 24.3 Å². The molecule has 0 saturated carbocycles. The van der Waals surface area contributed by atoms with Gasteiger partial charge in [0.25, 0.3) is 0 Å². The van der Waals surface area contributed by atoms with Gasteiger partial charge in [-0.3, -0.25) is 9.78 Å². The monoisotopic (exact) mass is 363 g/mol. The van der Waals surface area contributed by atoms with Gasteiger partial charge in [-0.1, -0.05) is 0 Å². The maximum absolute atomic E-state index is 12.0. The number of piperidine rings is 1. The van der Waals surface area contributed by atoms with E-state index in [4.69, 9.17) is 9.47 Å². The van der Waals surface area contributed by atoms with Crippen LogP contribution in [0.4, 0.5) is 4.79 Å². The molecule has 0 aliphatic carbocycles. The molecule has 1 aromatic rings. The second-order valence-electron chi connectivity index (χ2n) is 7.62. The smallest absolute Gasteiger partial charge is 0.410 e. The van der Waals surface area contributed by atoms with E-state index in [-0.39, 0.29) is 18.5 Å². The van der Waals surface area contributed by atoms with Crippen LogP contribution in [-0.4, -0.2) is 58.6 Å². The second-order valence-corrected chi connectivity index (χ2v) is 7.62. The van der Waals surface area contributed by atoms with Crippen molar-refractivity contribution >= 4 is 11.9 Å². The van der Waals surface area contributed by atoms with Crippen LogP contribution in [0.2, 0.25) is 0 Å². The van der Waals surface area contributed by atoms with Gasteiger partial charge in [-0.2, -0.15) is 0 Å². The van der Waals surface area contributed by atoms with Gasteiger partial charge in [0.1, 0.15) is 17.9 Å². The van der Waals surface area contributed by atoms with Crippen molar-refractivity contribution in [1.82, 2.24) is 14.9 Å². The fraction of sp³-hybridized carbons (Fsp3) is 0.684. The highest BCUT2D eigenvalue weighted by Gasteiger charge is 2.26. The fourth-order valence-corrected chi connectivity index (χ4v) is 2.89. The third-order valence-electron chi connectivity index (χ3n) is 4.25. The van der Waals surface area contributed by atoms with Crippen LogP contribution in [-0.2, 0) is 9.47 Å². The van der Waals surface area contributed by atoms with Gasteiger partial charge in [-0.05, 0) is 52.4 Å². The van der Waals surface area contributed by atoms with Crippen molar-refractivity contribution < 1.29 is 19.1 Å². The molecule has 1 saturated heterocycles. The predicted octanol–water partition coefficient (Wildman–Crippen LogP) is 3.10. The van der Waals surface area contributed by atoms with Crippen LogP contribution in [0.5, 0.6) is 0 Å². The topological polar surface area (TPSA) is 81.6 Å². The molecule has 1 amide bonds. The molecule has 0 spiro atoms. The molecular weight excluding hydrogens is 334 g/mol. The van der Waals surface area contributed by atoms with Crippen molar-refractivity contribution in [3.63, 3.8) is 0 Å². The van der Waals surface area contributed by atoms with Gasteiger partial charge in [-0.15, -0.1) is 0 Å². The lowest BCUT2D eigenvalue weighted by molar-refractivity contribution is 0.0177. The number of carbonyl (C=O) groups excluding carboxylic acids is 2. The van der Waals surface area contributed by atoms with E-state index in [1.807, 2.05) is 20.8 Å². The average molecular weight is 363 g/mol. The summed E-state index contributed by atoms with van der Waals surface area (Å²) in [5.74, 6) is 0.441. The van der Waals surface area contributed by atoms with Gasteiger partial charge in [0.05, 0.1) is 6.20 Å². The molecule has 0 radical (unpaired) electrons. The Balaban J connectivity index is 1.56. The summed E-state index contributed by atoms with van der Waals surface area (Å²) in [6, 6.07) is 0. The minimum Gasteiger partial charge on any atom is -0.444 e. The normalized spacial score (nSPS) is 15.7. The zero-order valence-corrected chi connectivity index (χ0v) is 15.9. The first-order chi connectivity index (χ1) is 12.3. The number of rotatable bonds is 7. The molecule has 0 unspecified atom stereocenters. The summed E-state index contributed by atoms with van der Waals surface area (Å²) < 4.78 is 10.9. The first-order valence-electron chi connectivity index (χ1n) is 9.20.